The first kappa shape index (κ1) is 20.0. The number of amides is 2. The highest BCUT2D eigenvalue weighted by Crippen LogP contribution is 2.24. The molecule has 9 heteroatoms. The molecule has 0 saturated carbocycles. The molecular weight excluding hydrogens is 358 g/mol. The standard InChI is InChI=1S/C17H25N3O5S/c1-4-25-17(22)20-15-7-5-6-14(11(15)2)18-12(3)16(21)19-13-8-9-26(23,24)10-13/h5-7,12-13,18H,4,8-10H2,1-3H3,(H,19,21)(H,20,22). The van der Waals surface area contributed by atoms with Crippen LogP contribution in [0.25, 0.3) is 0 Å². The van der Waals surface area contributed by atoms with E-state index in [0.29, 0.717) is 17.8 Å². The Labute approximate surface area is 153 Å². The second-order valence-electron chi connectivity index (χ2n) is 6.30. The molecule has 2 amide bonds. The normalized spacial score (nSPS) is 19.4. The Hall–Kier alpha value is -2.29. The minimum Gasteiger partial charge on any atom is -0.450 e. The maximum absolute atomic E-state index is 12.3. The zero-order valence-corrected chi connectivity index (χ0v) is 16.0. The molecule has 26 heavy (non-hydrogen) atoms. The summed E-state index contributed by atoms with van der Waals surface area (Å²) >= 11 is 0. The molecule has 0 bridgehead atoms. The Morgan fingerprint density at radius 3 is 2.62 bits per heavy atom. The van der Waals surface area contributed by atoms with Gasteiger partial charge in [0.05, 0.1) is 18.1 Å². The first-order chi connectivity index (χ1) is 12.2. The van der Waals surface area contributed by atoms with Gasteiger partial charge in [-0.1, -0.05) is 6.07 Å². The van der Waals surface area contributed by atoms with Crippen LogP contribution in [-0.2, 0) is 19.4 Å². The van der Waals surface area contributed by atoms with Crippen molar-refractivity contribution < 1.29 is 22.7 Å². The van der Waals surface area contributed by atoms with Crippen LogP contribution in [0.5, 0.6) is 0 Å². The Kier molecular flexibility index (Phi) is 6.47. The molecule has 0 spiro atoms. The minimum atomic E-state index is -3.04. The van der Waals surface area contributed by atoms with Gasteiger partial charge in [-0.2, -0.15) is 0 Å². The van der Waals surface area contributed by atoms with Crippen LogP contribution < -0.4 is 16.0 Å². The summed E-state index contributed by atoms with van der Waals surface area (Å²) in [6.45, 7) is 5.51. The van der Waals surface area contributed by atoms with Crippen molar-refractivity contribution in [3.63, 3.8) is 0 Å². The molecule has 1 saturated heterocycles. The van der Waals surface area contributed by atoms with E-state index in [4.69, 9.17) is 4.74 Å². The molecule has 8 nitrogen and oxygen atoms in total. The quantitative estimate of drug-likeness (QED) is 0.689. The van der Waals surface area contributed by atoms with Gasteiger partial charge < -0.3 is 15.4 Å². The number of hydrogen-bond donors (Lipinski definition) is 3. The number of benzene rings is 1. The van der Waals surface area contributed by atoms with Crippen LogP contribution in [0.15, 0.2) is 18.2 Å². The van der Waals surface area contributed by atoms with Gasteiger partial charge in [0, 0.05) is 17.4 Å². The summed E-state index contributed by atoms with van der Waals surface area (Å²) < 4.78 is 27.8. The van der Waals surface area contributed by atoms with Crippen molar-refractivity contribution >= 4 is 33.2 Å². The summed E-state index contributed by atoms with van der Waals surface area (Å²) in [6, 6.07) is 4.40. The first-order valence-corrected chi connectivity index (χ1v) is 10.3. The van der Waals surface area contributed by atoms with Crippen LogP contribution in [0.3, 0.4) is 0 Å². The third kappa shape index (κ3) is 5.35. The van der Waals surface area contributed by atoms with Gasteiger partial charge in [0.2, 0.25) is 5.91 Å². The van der Waals surface area contributed by atoms with E-state index in [9.17, 15) is 18.0 Å². The molecule has 1 aliphatic heterocycles. The fourth-order valence-corrected chi connectivity index (χ4v) is 4.41. The van der Waals surface area contributed by atoms with Crippen LogP contribution in [0, 0.1) is 6.92 Å². The SMILES string of the molecule is CCOC(=O)Nc1cccc(NC(C)C(=O)NC2CCS(=O)(=O)C2)c1C. The fourth-order valence-electron chi connectivity index (χ4n) is 2.74. The average molecular weight is 383 g/mol. The van der Waals surface area contributed by atoms with Crippen molar-refractivity contribution in [1.82, 2.24) is 5.32 Å². The third-order valence-corrected chi connectivity index (χ3v) is 5.96. The lowest BCUT2D eigenvalue weighted by molar-refractivity contribution is -0.122. The van der Waals surface area contributed by atoms with Crippen molar-refractivity contribution in [2.75, 3.05) is 28.7 Å². The smallest absolute Gasteiger partial charge is 0.411 e. The molecular formula is C17H25N3O5S. The summed E-state index contributed by atoms with van der Waals surface area (Å²) in [7, 11) is -3.04. The molecule has 3 N–H and O–H groups in total. The zero-order chi connectivity index (χ0) is 19.3. The molecule has 0 radical (unpaired) electrons. The highest BCUT2D eigenvalue weighted by molar-refractivity contribution is 7.91. The van der Waals surface area contributed by atoms with E-state index in [2.05, 4.69) is 16.0 Å². The highest BCUT2D eigenvalue weighted by Gasteiger charge is 2.30. The van der Waals surface area contributed by atoms with E-state index in [1.165, 1.54) is 0 Å². The lowest BCUT2D eigenvalue weighted by Gasteiger charge is -2.20. The van der Waals surface area contributed by atoms with E-state index < -0.39 is 22.0 Å². The molecule has 2 rings (SSSR count). The molecule has 0 aromatic heterocycles. The lowest BCUT2D eigenvalue weighted by Crippen LogP contribution is -2.43. The van der Waals surface area contributed by atoms with Crippen molar-refractivity contribution in [2.45, 2.75) is 39.3 Å². The molecule has 1 aromatic carbocycles. The Morgan fingerprint density at radius 1 is 1.31 bits per heavy atom. The third-order valence-electron chi connectivity index (χ3n) is 4.19. The second kappa shape index (κ2) is 8.39. The van der Waals surface area contributed by atoms with E-state index >= 15 is 0 Å². The largest absolute Gasteiger partial charge is 0.450 e. The molecule has 1 aromatic rings. The summed E-state index contributed by atoms with van der Waals surface area (Å²) in [5.41, 5.74) is 2.05. The average Bonchev–Trinajstić information content (AvgIpc) is 2.90. The van der Waals surface area contributed by atoms with Gasteiger partial charge in [0.15, 0.2) is 9.84 Å². The first-order valence-electron chi connectivity index (χ1n) is 8.52. The molecule has 144 valence electrons. The van der Waals surface area contributed by atoms with Gasteiger partial charge in [0.25, 0.3) is 0 Å². The molecule has 1 heterocycles. The number of sulfone groups is 1. The summed E-state index contributed by atoms with van der Waals surface area (Å²) in [6.07, 6.45) is -0.0975. The van der Waals surface area contributed by atoms with Crippen molar-refractivity contribution in [2.24, 2.45) is 0 Å². The number of rotatable bonds is 6. The number of hydrogen-bond acceptors (Lipinski definition) is 6. The summed E-state index contributed by atoms with van der Waals surface area (Å²) in [5, 5.41) is 8.52. The Balaban J connectivity index is 1.98. The summed E-state index contributed by atoms with van der Waals surface area (Å²) in [4.78, 5) is 23.9. The molecule has 2 unspecified atom stereocenters. The fraction of sp³-hybridized carbons (Fsp3) is 0.529. The number of ether oxygens (including phenoxy) is 1. The number of carbonyl (C=O) groups is 2. The van der Waals surface area contributed by atoms with Crippen molar-refractivity contribution in [3.8, 4) is 0 Å². The Morgan fingerprint density at radius 2 is 2.00 bits per heavy atom. The van der Waals surface area contributed by atoms with Gasteiger partial charge in [0.1, 0.15) is 6.04 Å². The number of carbonyl (C=O) groups excluding carboxylic acids is 2. The summed E-state index contributed by atoms with van der Waals surface area (Å²) in [5.74, 6) is -0.167. The van der Waals surface area contributed by atoms with E-state index in [0.717, 1.165) is 5.56 Å². The molecule has 2 atom stereocenters. The topological polar surface area (TPSA) is 114 Å². The maximum atomic E-state index is 12.3. The molecule has 0 aliphatic carbocycles. The zero-order valence-electron chi connectivity index (χ0n) is 15.2. The highest BCUT2D eigenvalue weighted by atomic mass is 32.2. The van der Waals surface area contributed by atoms with Gasteiger partial charge in [-0.3, -0.25) is 10.1 Å². The van der Waals surface area contributed by atoms with Crippen LogP contribution in [0.2, 0.25) is 0 Å². The lowest BCUT2D eigenvalue weighted by atomic mass is 10.1. The maximum Gasteiger partial charge on any atom is 0.411 e. The van der Waals surface area contributed by atoms with Crippen LogP contribution in [0.1, 0.15) is 25.8 Å². The van der Waals surface area contributed by atoms with Gasteiger partial charge >= 0.3 is 6.09 Å². The van der Waals surface area contributed by atoms with E-state index in [-0.39, 0.29) is 30.1 Å². The second-order valence-corrected chi connectivity index (χ2v) is 8.53. The number of anilines is 2. The van der Waals surface area contributed by atoms with Crippen molar-refractivity contribution in [1.29, 1.82) is 0 Å². The Bertz CT molecular complexity index is 779. The minimum absolute atomic E-state index is 0.0105. The van der Waals surface area contributed by atoms with Gasteiger partial charge in [-0.15, -0.1) is 0 Å². The predicted octanol–water partition coefficient (Wildman–Crippen LogP) is 1.67. The molecule has 1 aliphatic rings. The predicted molar refractivity (Wildman–Crippen MR) is 100 cm³/mol. The van der Waals surface area contributed by atoms with Gasteiger partial charge in [-0.05, 0) is 44.9 Å². The van der Waals surface area contributed by atoms with Crippen LogP contribution >= 0.6 is 0 Å². The van der Waals surface area contributed by atoms with Crippen LogP contribution in [0.4, 0.5) is 16.2 Å². The van der Waals surface area contributed by atoms with E-state index in [1.54, 1.807) is 32.0 Å². The van der Waals surface area contributed by atoms with Crippen LogP contribution in [-0.4, -0.2) is 50.6 Å². The van der Waals surface area contributed by atoms with Crippen molar-refractivity contribution in [3.05, 3.63) is 23.8 Å². The van der Waals surface area contributed by atoms with Gasteiger partial charge in [-0.25, -0.2) is 13.2 Å². The molecule has 1 fully saturated rings. The number of nitrogens with one attached hydrogen (secondary N) is 3. The van der Waals surface area contributed by atoms with E-state index in [1.807, 2.05) is 6.92 Å². The monoisotopic (exact) mass is 383 g/mol.